The summed E-state index contributed by atoms with van der Waals surface area (Å²) in [5.41, 5.74) is 5.99. The van der Waals surface area contributed by atoms with E-state index in [0.29, 0.717) is 38.2 Å². The highest BCUT2D eigenvalue weighted by atomic mass is 79.9. The summed E-state index contributed by atoms with van der Waals surface area (Å²) in [6.45, 7) is 2.35. The Balaban J connectivity index is 2.66. The lowest BCUT2D eigenvalue weighted by Gasteiger charge is -2.22. The molecule has 0 fully saturated rings. The molecule has 6 heteroatoms. The third-order valence-electron chi connectivity index (χ3n) is 2.72. The number of hydrogen-bond acceptors (Lipinski definition) is 3. The minimum absolute atomic E-state index is 0.138. The largest absolute Gasteiger partial charge is 0.388 e. The van der Waals surface area contributed by atoms with Crippen LogP contribution in [0.1, 0.15) is 12.0 Å². The molecule has 3 N–H and O–H groups in total. The summed E-state index contributed by atoms with van der Waals surface area (Å²) in [6.07, 6.45) is 0.474. The second-order valence-corrected chi connectivity index (χ2v) is 5.20. The topological polar surface area (TPSA) is 62.3 Å². The van der Waals surface area contributed by atoms with E-state index in [1.807, 2.05) is 11.0 Å². The van der Waals surface area contributed by atoms with Crippen LogP contribution in [0.25, 0.3) is 0 Å². The normalized spacial score (nSPS) is 10.9. The average molecular weight is 332 g/mol. The van der Waals surface area contributed by atoms with Crippen LogP contribution in [0.4, 0.5) is 4.39 Å². The van der Waals surface area contributed by atoms with Gasteiger partial charge in [0, 0.05) is 43.2 Å². The van der Waals surface area contributed by atoms with E-state index >= 15 is 0 Å². The molecule has 1 aromatic carbocycles. The Hall–Kier alpha value is -0.980. The molecule has 1 rings (SSSR count). The number of ether oxygens (including phenoxy) is 1. The van der Waals surface area contributed by atoms with Crippen molar-refractivity contribution in [2.45, 2.75) is 13.0 Å². The van der Waals surface area contributed by atoms with Gasteiger partial charge >= 0.3 is 0 Å². The Bertz CT molecular complexity index is 428. The summed E-state index contributed by atoms with van der Waals surface area (Å²) in [5.74, 6) is -0.0988. The first kappa shape index (κ1) is 16.1. The van der Waals surface area contributed by atoms with E-state index in [9.17, 15) is 4.39 Å². The Kier molecular flexibility index (Phi) is 6.97. The predicted octanol–water partition coefficient (Wildman–Crippen LogP) is 2.36. The van der Waals surface area contributed by atoms with Crippen molar-refractivity contribution in [2.24, 2.45) is 5.73 Å². The molecule has 0 saturated heterocycles. The lowest BCUT2D eigenvalue weighted by atomic mass is 10.2. The molecule has 106 valence electrons. The minimum atomic E-state index is -0.236. The van der Waals surface area contributed by atoms with Crippen LogP contribution in [0.5, 0.6) is 0 Å². The second kappa shape index (κ2) is 8.24. The first-order valence-corrected chi connectivity index (χ1v) is 6.80. The molecule has 0 amide bonds. The fourth-order valence-corrected chi connectivity index (χ4v) is 1.99. The SMILES string of the molecule is COCCN(CCC(=N)N)Cc1ccc(Br)cc1F. The summed E-state index contributed by atoms with van der Waals surface area (Å²) in [5, 5.41) is 7.25. The fourth-order valence-electron chi connectivity index (χ4n) is 1.66. The number of benzene rings is 1. The molecule has 0 heterocycles. The van der Waals surface area contributed by atoms with E-state index in [1.54, 1.807) is 13.2 Å². The molecule has 0 radical (unpaired) electrons. The Morgan fingerprint density at radius 1 is 1.47 bits per heavy atom. The standard InChI is InChI=1S/C13H19BrFN3O/c1-19-7-6-18(5-4-13(16)17)9-10-2-3-11(14)8-12(10)15/h2-3,8H,4-7,9H2,1H3,(H3,16,17). The van der Waals surface area contributed by atoms with Gasteiger partial charge in [-0.3, -0.25) is 10.3 Å². The molecule has 0 aliphatic rings. The maximum absolute atomic E-state index is 13.8. The van der Waals surface area contributed by atoms with Crippen molar-refractivity contribution < 1.29 is 9.13 Å². The van der Waals surface area contributed by atoms with E-state index in [1.165, 1.54) is 6.07 Å². The molecule has 4 nitrogen and oxygen atoms in total. The van der Waals surface area contributed by atoms with E-state index in [4.69, 9.17) is 15.9 Å². The van der Waals surface area contributed by atoms with Crippen LogP contribution in [0.2, 0.25) is 0 Å². The van der Waals surface area contributed by atoms with Gasteiger partial charge in [0.15, 0.2) is 0 Å². The molecule has 1 aromatic rings. The molecule has 19 heavy (non-hydrogen) atoms. The summed E-state index contributed by atoms with van der Waals surface area (Å²) >= 11 is 3.24. The van der Waals surface area contributed by atoms with Gasteiger partial charge in [-0.1, -0.05) is 22.0 Å². The lowest BCUT2D eigenvalue weighted by molar-refractivity contribution is 0.145. The molecule has 0 bridgehead atoms. The quantitative estimate of drug-likeness (QED) is 0.567. The molecule has 0 aliphatic carbocycles. The van der Waals surface area contributed by atoms with E-state index in [0.717, 1.165) is 4.47 Å². The third-order valence-corrected chi connectivity index (χ3v) is 3.21. The van der Waals surface area contributed by atoms with Gasteiger partial charge in [0.25, 0.3) is 0 Å². The van der Waals surface area contributed by atoms with Crippen molar-refractivity contribution >= 4 is 21.8 Å². The van der Waals surface area contributed by atoms with Crippen LogP contribution in [0, 0.1) is 11.2 Å². The summed E-state index contributed by atoms with van der Waals surface area (Å²) in [7, 11) is 1.63. The number of nitrogens with one attached hydrogen (secondary N) is 1. The van der Waals surface area contributed by atoms with Gasteiger partial charge < -0.3 is 10.5 Å². The molecule has 0 aliphatic heterocycles. The van der Waals surface area contributed by atoms with Crippen molar-refractivity contribution in [3.63, 3.8) is 0 Å². The number of nitrogens with zero attached hydrogens (tertiary/aromatic N) is 1. The number of halogens is 2. The van der Waals surface area contributed by atoms with Crippen molar-refractivity contribution in [3.05, 3.63) is 34.1 Å². The zero-order chi connectivity index (χ0) is 14.3. The predicted molar refractivity (Wildman–Crippen MR) is 77.8 cm³/mol. The van der Waals surface area contributed by atoms with Crippen LogP contribution in [0.15, 0.2) is 22.7 Å². The highest BCUT2D eigenvalue weighted by Crippen LogP contribution is 2.16. The van der Waals surface area contributed by atoms with E-state index in [-0.39, 0.29) is 11.7 Å². The minimum Gasteiger partial charge on any atom is -0.388 e. The number of nitrogens with two attached hydrogens (primary N) is 1. The summed E-state index contributed by atoms with van der Waals surface area (Å²) < 4.78 is 19.5. The van der Waals surface area contributed by atoms with E-state index < -0.39 is 0 Å². The van der Waals surface area contributed by atoms with Gasteiger partial charge in [-0.15, -0.1) is 0 Å². The number of hydrogen-bond donors (Lipinski definition) is 2. The summed E-state index contributed by atoms with van der Waals surface area (Å²) in [4.78, 5) is 2.03. The van der Waals surface area contributed by atoms with Crippen molar-refractivity contribution in [1.82, 2.24) is 4.90 Å². The Morgan fingerprint density at radius 2 is 2.21 bits per heavy atom. The van der Waals surface area contributed by atoms with Gasteiger partial charge in [-0.2, -0.15) is 0 Å². The zero-order valence-electron chi connectivity index (χ0n) is 11.0. The van der Waals surface area contributed by atoms with Crippen LogP contribution >= 0.6 is 15.9 Å². The van der Waals surface area contributed by atoms with Crippen molar-refractivity contribution in [3.8, 4) is 0 Å². The molecular formula is C13H19BrFN3O. The first-order chi connectivity index (χ1) is 9.02. The van der Waals surface area contributed by atoms with Crippen molar-refractivity contribution in [2.75, 3.05) is 26.8 Å². The average Bonchev–Trinajstić information content (AvgIpc) is 2.35. The summed E-state index contributed by atoms with van der Waals surface area (Å²) in [6, 6.07) is 5.03. The highest BCUT2D eigenvalue weighted by Gasteiger charge is 2.10. The maximum Gasteiger partial charge on any atom is 0.128 e. The van der Waals surface area contributed by atoms with Crippen LogP contribution in [0.3, 0.4) is 0 Å². The van der Waals surface area contributed by atoms with Crippen LogP contribution in [-0.4, -0.2) is 37.5 Å². The Morgan fingerprint density at radius 3 is 2.79 bits per heavy atom. The second-order valence-electron chi connectivity index (χ2n) is 4.28. The van der Waals surface area contributed by atoms with Crippen molar-refractivity contribution in [1.29, 1.82) is 5.41 Å². The maximum atomic E-state index is 13.8. The number of rotatable bonds is 8. The molecule has 0 unspecified atom stereocenters. The molecule has 0 spiro atoms. The molecule has 0 atom stereocenters. The zero-order valence-corrected chi connectivity index (χ0v) is 12.5. The van der Waals surface area contributed by atoms with Gasteiger partial charge in [-0.25, -0.2) is 4.39 Å². The number of amidine groups is 1. The third kappa shape index (κ3) is 6.13. The van der Waals surface area contributed by atoms with Gasteiger partial charge in [0.1, 0.15) is 5.82 Å². The lowest BCUT2D eigenvalue weighted by Crippen LogP contribution is -2.30. The van der Waals surface area contributed by atoms with Gasteiger partial charge in [0.05, 0.1) is 12.4 Å². The van der Waals surface area contributed by atoms with E-state index in [2.05, 4.69) is 15.9 Å². The molecule has 0 aromatic heterocycles. The highest BCUT2D eigenvalue weighted by molar-refractivity contribution is 9.10. The smallest absolute Gasteiger partial charge is 0.128 e. The van der Waals surface area contributed by atoms with Gasteiger partial charge in [0.2, 0.25) is 0 Å². The molecular weight excluding hydrogens is 313 g/mol. The monoisotopic (exact) mass is 331 g/mol. The van der Waals surface area contributed by atoms with Gasteiger partial charge in [-0.05, 0) is 12.1 Å². The Labute approximate surface area is 121 Å². The first-order valence-electron chi connectivity index (χ1n) is 6.01. The molecule has 0 saturated carbocycles. The fraction of sp³-hybridized carbons (Fsp3) is 0.462. The van der Waals surface area contributed by atoms with Crippen LogP contribution in [-0.2, 0) is 11.3 Å². The number of methoxy groups -OCH3 is 1. The van der Waals surface area contributed by atoms with Crippen LogP contribution < -0.4 is 5.73 Å².